The van der Waals surface area contributed by atoms with Crippen LogP contribution in [-0.2, 0) is 0 Å². The largest absolute Gasteiger partial charge is 0.372 e. The van der Waals surface area contributed by atoms with Gasteiger partial charge in [-0.1, -0.05) is 11.6 Å². The SMILES string of the molecule is CCN(CC1CC1)C(=O)c1cnc(NC)c(Cl)c1. The van der Waals surface area contributed by atoms with Crippen LogP contribution in [-0.4, -0.2) is 35.9 Å². The van der Waals surface area contributed by atoms with Crippen molar-refractivity contribution in [3.63, 3.8) is 0 Å². The van der Waals surface area contributed by atoms with Crippen molar-refractivity contribution in [3.8, 4) is 0 Å². The molecule has 1 aliphatic carbocycles. The van der Waals surface area contributed by atoms with Crippen LogP contribution in [0.15, 0.2) is 12.3 Å². The summed E-state index contributed by atoms with van der Waals surface area (Å²) in [7, 11) is 1.75. The molecule has 1 aliphatic rings. The summed E-state index contributed by atoms with van der Waals surface area (Å²) >= 11 is 6.04. The Hall–Kier alpha value is -1.29. The third-order valence-corrected chi connectivity index (χ3v) is 3.46. The van der Waals surface area contributed by atoms with E-state index < -0.39 is 0 Å². The molecule has 0 aromatic carbocycles. The third kappa shape index (κ3) is 2.93. The predicted octanol–water partition coefficient (Wildman–Crippen LogP) is 2.65. The number of anilines is 1. The molecule has 1 heterocycles. The molecule has 0 aliphatic heterocycles. The molecule has 1 fully saturated rings. The predicted molar refractivity (Wildman–Crippen MR) is 73.1 cm³/mol. The van der Waals surface area contributed by atoms with Gasteiger partial charge in [-0.25, -0.2) is 4.98 Å². The molecule has 0 atom stereocenters. The van der Waals surface area contributed by atoms with E-state index in [0.717, 1.165) is 13.1 Å². The van der Waals surface area contributed by atoms with Gasteiger partial charge in [-0.05, 0) is 31.7 Å². The van der Waals surface area contributed by atoms with Crippen molar-refractivity contribution in [1.29, 1.82) is 0 Å². The maximum absolute atomic E-state index is 12.3. The zero-order valence-corrected chi connectivity index (χ0v) is 11.5. The van der Waals surface area contributed by atoms with Gasteiger partial charge >= 0.3 is 0 Å². The molecule has 4 nitrogen and oxygen atoms in total. The summed E-state index contributed by atoms with van der Waals surface area (Å²) in [6.07, 6.45) is 4.05. The summed E-state index contributed by atoms with van der Waals surface area (Å²) in [5.41, 5.74) is 0.557. The molecule has 98 valence electrons. The molecule has 0 spiro atoms. The smallest absolute Gasteiger partial charge is 0.255 e. The van der Waals surface area contributed by atoms with Gasteiger partial charge in [0.15, 0.2) is 0 Å². The first-order chi connectivity index (χ1) is 8.65. The van der Waals surface area contributed by atoms with Gasteiger partial charge in [-0.15, -0.1) is 0 Å². The third-order valence-electron chi connectivity index (χ3n) is 3.17. The Morgan fingerprint density at radius 1 is 1.61 bits per heavy atom. The number of hydrogen-bond acceptors (Lipinski definition) is 3. The average Bonchev–Trinajstić information content (AvgIpc) is 3.19. The fourth-order valence-electron chi connectivity index (χ4n) is 1.89. The minimum absolute atomic E-state index is 0.0152. The zero-order valence-electron chi connectivity index (χ0n) is 10.7. The van der Waals surface area contributed by atoms with Crippen LogP contribution in [0, 0.1) is 5.92 Å². The van der Waals surface area contributed by atoms with Crippen LogP contribution in [0.4, 0.5) is 5.82 Å². The average molecular weight is 268 g/mol. The number of nitrogens with zero attached hydrogens (tertiary/aromatic N) is 2. The van der Waals surface area contributed by atoms with Crippen LogP contribution in [0.5, 0.6) is 0 Å². The van der Waals surface area contributed by atoms with Crippen LogP contribution >= 0.6 is 11.6 Å². The van der Waals surface area contributed by atoms with E-state index in [1.165, 1.54) is 12.8 Å². The van der Waals surface area contributed by atoms with Gasteiger partial charge in [0.05, 0.1) is 10.6 Å². The molecule has 0 bridgehead atoms. The van der Waals surface area contributed by atoms with Crippen LogP contribution in [0.1, 0.15) is 30.1 Å². The lowest BCUT2D eigenvalue weighted by Gasteiger charge is -2.20. The highest BCUT2D eigenvalue weighted by Gasteiger charge is 2.26. The van der Waals surface area contributed by atoms with Crippen molar-refractivity contribution in [1.82, 2.24) is 9.88 Å². The molecular formula is C13H18ClN3O. The van der Waals surface area contributed by atoms with Crippen LogP contribution in [0.25, 0.3) is 0 Å². The number of rotatable bonds is 5. The Kier molecular flexibility index (Phi) is 4.07. The minimum atomic E-state index is 0.0152. The van der Waals surface area contributed by atoms with Crippen LogP contribution < -0.4 is 5.32 Å². The highest BCUT2D eigenvalue weighted by Crippen LogP contribution is 2.30. The van der Waals surface area contributed by atoms with E-state index in [1.54, 1.807) is 19.3 Å². The maximum Gasteiger partial charge on any atom is 0.255 e. The normalized spacial score (nSPS) is 14.4. The standard InChI is InChI=1S/C13H18ClN3O/c1-3-17(8-9-4-5-9)13(18)10-6-11(14)12(15-2)16-7-10/h6-7,9H,3-5,8H2,1-2H3,(H,15,16). The van der Waals surface area contributed by atoms with Gasteiger partial charge in [0.1, 0.15) is 5.82 Å². The van der Waals surface area contributed by atoms with Gasteiger partial charge in [0.2, 0.25) is 0 Å². The lowest BCUT2D eigenvalue weighted by Crippen LogP contribution is -2.32. The summed E-state index contributed by atoms with van der Waals surface area (Å²) in [5.74, 6) is 1.30. The second kappa shape index (κ2) is 5.57. The van der Waals surface area contributed by atoms with Gasteiger partial charge in [0.25, 0.3) is 5.91 Å². The highest BCUT2D eigenvalue weighted by atomic mass is 35.5. The summed E-state index contributed by atoms with van der Waals surface area (Å²) in [4.78, 5) is 18.3. The molecule has 1 amide bonds. The van der Waals surface area contributed by atoms with Crippen molar-refractivity contribution < 1.29 is 4.79 Å². The van der Waals surface area contributed by atoms with Crippen LogP contribution in [0.2, 0.25) is 5.02 Å². The topological polar surface area (TPSA) is 45.2 Å². The van der Waals surface area contributed by atoms with Crippen molar-refractivity contribution in [2.45, 2.75) is 19.8 Å². The second-order valence-corrected chi connectivity index (χ2v) is 5.00. The highest BCUT2D eigenvalue weighted by molar-refractivity contribution is 6.33. The maximum atomic E-state index is 12.3. The Morgan fingerprint density at radius 3 is 2.83 bits per heavy atom. The van der Waals surface area contributed by atoms with Crippen molar-refractivity contribution in [2.24, 2.45) is 5.92 Å². The molecule has 2 rings (SSSR count). The quantitative estimate of drug-likeness (QED) is 0.892. The Morgan fingerprint density at radius 2 is 2.33 bits per heavy atom. The fraction of sp³-hybridized carbons (Fsp3) is 0.538. The van der Waals surface area contributed by atoms with Gasteiger partial charge < -0.3 is 10.2 Å². The number of amides is 1. The van der Waals surface area contributed by atoms with Crippen molar-refractivity contribution >= 4 is 23.3 Å². The zero-order chi connectivity index (χ0) is 13.1. The molecule has 0 unspecified atom stereocenters. The summed E-state index contributed by atoms with van der Waals surface area (Å²) in [6.45, 7) is 3.57. The Labute approximate surface area is 112 Å². The first kappa shape index (κ1) is 13.1. The number of pyridine rings is 1. The molecule has 18 heavy (non-hydrogen) atoms. The minimum Gasteiger partial charge on any atom is -0.372 e. The van der Waals surface area contributed by atoms with Gasteiger partial charge in [-0.2, -0.15) is 0 Å². The first-order valence-corrected chi connectivity index (χ1v) is 6.66. The van der Waals surface area contributed by atoms with E-state index in [0.29, 0.717) is 22.3 Å². The molecule has 1 aromatic heterocycles. The number of carbonyl (C=O) groups is 1. The molecule has 1 saturated carbocycles. The lowest BCUT2D eigenvalue weighted by atomic mass is 10.2. The van der Waals surface area contributed by atoms with Gasteiger partial charge in [-0.3, -0.25) is 4.79 Å². The molecule has 0 radical (unpaired) electrons. The summed E-state index contributed by atoms with van der Waals surface area (Å²) in [5, 5.41) is 3.36. The van der Waals surface area contributed by atoms with E-state index in [4.69, 9.17) is 11.6 Å². The van der Waals surface area contributed by atoms with Crippen LogP contribution in [0.3, 0.4) is 0 Å². The number of hydrogen-bond donors (Lipinski definition) is 1. The Bertz CT molecular complexity index is 446. The van der Waals surface area contributed by atoms with Gasteiger partial charge in [0, 0.05) is 26.3 Å². The number of halogens is 1. The second-order valence-electron chi connectivity index (χ2n) is 4.59. The molecule has 5 heteroatoms. The van der Waals surface area contributed by atoms with E-state index >= 15 is 0 Å². The van der Waals surface area contributed by atoms with Crippen molar-refractivity contribution in [3.05, 3.63) is 22.8 Å². The molecule has 1 N–H and O–H groups in total. The van der Waals surface area contributed by atoms with Crippen molar-refractivity contribution in [2.75, 3.05) is 25.5 Å². The van der Waals surface area contributed by atoms with E-state index in [2.05, 4.69) is 10.3 Å². The molecule has 1 aromatic rings. The Balaban J connectivity index is 2.13. The summed E-state index contributed by atoms with van der Waals surface area (Å²) in [6, 6.07) is 1.68. The van der Waals surface area contributed by atoms with E-state index in [-0.39, 0.29) is 5.91 Å². The monoisotopic (exact) mass is 267 g/mol. The molecular weight excluding hydrogens is 250 g/mol. The molecule has 0 saturated heterocycles. The first-order valence-electron chi connectivity index (χ1n) is 6.28. The number of aromatic nitrogens is 1. The van der Waals surface area contributed by atoms with E-state index in [9.17, 15) is 4.79 Å². The summed E-state index contributed by atoms with van der Waals surface area (Å²) < 4.78 is 0. The number of nitrogens with one attached hydrogen (secondary N) is 1. The van der Waals surface area contributed by atoms with E-state index in [1.807, 2.05) is 11.8 Å². The lowest BCUT2D eigenvalue weighted by molar-refractivity contribution is 0.0756. The number of carbonyl (C=O) groups excluding carboxylic acids is 1. The fourth-order valence-corrected chi connectivity index (χ4v) is 2.15.